The fraction of sp³-hybridized carbons (Fsp3) is 0.500. The maximum absolute atomic E-state index is 11.7. The van der Waals surface area contributed by atoms with Crippen LogP contribution in [0, 0.1) is 5.92 Å². The van der Waals surface area contributed by atoms with Gasteiger partial charge in [-0.3, -0.25) is 4.79 Å². The molecular weight excluding hydrogens is 230 g/mol. The summed E-state index contributed by atoms with van der Waals surface area (Å²) in [4.78, 5) is 11.7. The van der Waals surface area contributed by atoms with Gasteiger partial charge in [-0.25, -0.2) is 0 Å². The summed E-state index contributed by atoms with van der Waals surface area (Å²) in [6.07, 6.45) is 1.82. The van der Waals surface area contributed by atoms with E-state index in [0.29, 0.717) is 18.9 Å². The number of hydrogen-bond donors (Lipinski definition) is 2. The van der Waals surface area contributed by atoms with Gasteiger partial charge in [-0.05, 0) is 36.5 Å². The van der Waals surface area contributed by atoms with E-state index in [-0.39, 0.29) is 12.0 Å². The molecule has 0 aliphatic heterocycles. The lowest BCUT2D eigenvalue weighted by atomic mass is 9.82. The molecule has 0 aromatic heterocycles. The molecule has 0 unspecified atom stereocenters. The molecule has 98 valence electrons. The number of methoxy groups -OCH3 is 1. The zero-order valence-corrected chi connectivity index (χ0v) is 10.6. The van der Waals surface area contributed by atoms with E-state index in [1.807, 2.05) is 24.3 Å². The second kappa shape index (κ2) is 5.87. The molecule has 0 bridgehead atoms. The summed E-state index contributed by atoms with van der Waals surface area (Å²) in [5.41, 5.74) is 0.945. The van der Waals surface area contributed by atoms with Crippen LogP contribution in [-0.2, 0) is 11.2 Å². The molecule has 1 aromatic carbocycles. The minimum atomic E-state index is -0.162. The van der Waals surface area contributed by atoms with Crippen LogP contribution < -0.4 is 10.1 Å². The number of hydrogen-bond acceptors (Lipinski definition) is 3. The molecule has 1 saturated carbocycles. The predicted molar refractivity (Wildman–Crippen MR) is 68.4 cm³/mol. The van der Waals surface area contributed by atoms with Gasteiger partial charge in [0.1, 0.15) is 5.75 Å². The third-order valence-electron chi connectivity index (χ3n) is 3.30. The Kier molecular flexibility index (Phi) is 4.20. The molecule has 1 fully saturated rings. The standard InChI is InChI=1S/C14H19NO3/c1-18-13-4-2-3-10(7-13)8-14(17)15-9-11-5-12(16)6-11/h2-4,7,11-12,16H,5-6,8-9H2,1H3,(H,15,17). The Labute approximate surface area is 107 Å². The molecule has 2 N–H and O–H groups in total. The smallest absolute Gasteiger partial charge is 0.224 e. The fourth-order valence-corrected chi connectivity index (χ4v) is 2.16. The van der Waals surface area contributed by atoms with Gasteiger partial charge < -0.3 is 15.2 Å². The molecule has 0 saturated heterocycles. The van der Waals surface area contributed by atoms with Gasteiger partial charge in [0.05, 0.1) is 19.6 Å². The Balaban J connectivity index is 1.76. The third-order valence-corrected chi connectivity index (χ3v) is 3.30. The molecule has 0 atom stereocenters. The molecule has 2 rings (SSSR count). The minimum Gasteiger partial charge on any atom is -0.497 e. The number of aliphatic hydroxyl groups excluding tert-OH is 1. The maximum Gasteiger partial charge on any atom is 0.224 e. The molecule has 0 spiro atoms. The third kappa shape index (κ3) is 3.47. The molecule has 0 radical (unpaired) electrons. The number of carbonyl (C=O) groups is 1. The highest BCUT2D eigenvalue weighted by Crippen LogP contribution is 2.26. The van der Waals surface area contributed by atoms with Gasteiger partial charge in [-0.2, -0.15) is 0 Å². The molecule has 1 aliphatic carbocycles. The zero-order valence-electron chi connectivity index (χ0n) is 10.6. The first kappa shape index (κ1) is 12.9. The van der Waals surface area contributed by atoms with E-state index in [1.165, 1.54) is 0 Å². The van der Waals surface area contributed by atoms with Crippen molar-refractivity contribution in [3.05, 3.63) is 29.8 Å². The first-order chi connectivity index (χ1) is 8.67. The molecule has 4 heteroatoms. The van der Waals surface area contributed by atoms with Crippen molar-refractivity contribution in [2.75, 3.05) is 13.7 Å². The van der Waals surface area contributed by atoms with Crippen LogP contribution in [0.25, 0.3) is 0 Å². The van der Waals surface area contributed by atoms with Crippen molar-refractivity contribution in [3.63, 3.8) is 0 Å². The van der Waals surface area contributed by atoms with E-state index in [9.17, 15) is 4.79 Å². The first-order valence-corrected chi connectivity index (χ1v) is 6.25. The first-order valence-electron chi connectivity index (χ1n) is 6.25. The number of rotatable bonds is 5. The number of benzene rings is 1. The van der Waals surface area contributed by atoms with Crippen LogP contribution in [0.5, 0.6) is 5.75 Å². The van der Waals surface area contributed by atoms with Crippen LogP contribution in [0.1, 0.15) is 18.4 Å². The van der Waals surface area contributed by atoms with E-state index in [1.54, 1.807) is 7.11 Å². The van der Waals surface area contributed by atoms with Crippen molar-refractivity contribution < 1.29 is 14.6 Å². The average molecular weight is 249 g/mol. The summed E-state index contributed by atoms with van der Waals surface area (Å²) in [6, 6.07) is 7.52. The molecule has 4 nitrogen and oxygen atoms in total. The molecule has 1 aliphatic rings. The Morgan fingerprint density at radius 3 is 2.94 bits per heavy atom. The SMILES string of the molecule is COc1cccc(CC(=O)NCC2CC(O)C2)c1. The Morgan fingerprint density at radius 1 is 1.50 bits per heavy atom. The monoisotopic (exact) mass is 249 g/mol. The van der Waals surface area contributed by atoms with Crippen LogP contribution in [0.4, 0.5) is 0 Å². The second-order valence-corrected chi connectivity index (χ2v) is 4.82. The number of aliphatic hydroxyl groups is 1. The quantitative estimate of drug-likeness (QED) is 0.822. The highest BCUT2D eigenvalue weighted by atomic mass is 16.5. The largest absolute Gasteiger partial charge is 0.497 e. The summed E-state index contributed by atoms with van der Waals surface area (Å²) < 4.78 is 5.11. The Morgan fingerprint density at radius 2 is 2.28 bits per heavy atom. The van der Waals surface area contributed by atoms with E-state index >= 15 is 0 Å². The maximum atomic E-state index is 11.7. The second-order valence-electron chi connectivity index (χ2n) is 4.82. The van der Waals surface area contributed by atoms with Gasteiger partial charge in [0.15, 0.2) is 0 Å². The van der Waals surface area contributed by atoms with Crippen molar-refractivity contribution in [2.24, 2.45) is 5.92 Å². The number of carbonyl (C=O) groups excluding carboxylic acids is 1. The summed E-state index contributed by atoms with van der Waals surface area (Å²) >= 11 is 0. The lowest BCUT2D eigenvalue weighted by Gasteiger charge is -2.31. The van der Waals surface area contributed by atoms with Crippen LogP contribution in [-0.4, -0.2) is 30.8 Å². The Bertz CT molecular complexity index is 413. The van der Waals surface area contributed by atoms with Crippen molar-refractivity contribution in [2.45, 2.75) is 25.4 Å². The summed E-state index contributed by atoms with van der Waals surface area (Å²) in [5, 5.41) is 12.1. The summed E-state index contributed by atoms with van der Waals surface area (Å²) in [6.45, 7) is 0.667. The van der Waals surface area contributed by atoms with Gasteiger partial charge >= 0.3 is 0 Å². The van der Waals surface area contributed by atoms with Crippen LogP contribution in [0.2, 0.25) is 0 Å². The number of amides is 1. The van der Waals surface area contributed by atoms with E-state index in [2.05, 4.69) is 5.32 Å². The number of nitrogens with one attached hydrogen (secondary N) is 1. The zero-order chi connectivity index (χ0) is 13.0. The summed E-state index contributed by atoms with van der Waals surface area (Å²) in [5.74, 6) is 1.22. The van der Waals surface area contributed by atoms with Crippen molar-refractivity contribution in [3.8, 4) is 5.75 Å². The topological polar surface area (TPSA) is 58.6 Å². The van der Waals surface area contributed by atoms with E-state index < -0.39 is 0 Å². The van der Waals surface area contributed by atoms with E-state index in [0.717, 1.165) is 24.2 Å². The van der Waals surface area contributed by atoms with Gasteiger partial charge in [0, 0.05) is 6.54 Å². The van der Waals surface area contributed by atoms with Gasteiger partial charge in [0.2, 0.25) is 5.91 Å². The van der Waals surface area contributed by atoms with Crippen LogP contribution >= 0.6 is 0 Å². The van der Waals surface area contributed by atoms with Crippen LogP contribution in [0.3, 0.4) is 0 Å². The van der Waals surface area contributed by atoms with E-state index in [4.69, 9.17) is 9.84 Å². The fourth-order valence-electron chi connectivity index (χ4n) is 2.16. The highest BCUT2D eigenvalue weighted by Gasteiger charge is 2.27. The van der Waals surface area contributed by atoms with Gasteiger partial charge in [0.25, 0.3) is 0 Å². The van der Waals surface area contributed by atoms with Crippen molar-refractivity contribution in [1.29, 1.82) is 0 Å². The van der Waals surface area contributed by atoms with Crippen LogP contribution in [0.15, 0.2) is 24.3 Å². The Hall–Kier alpha value is -1.55. The van der Waals surface area contributed by atoms with Gasteiger partial charge in [-0.15, -0.1) is 0 Å². The molecule has 1 amide bonds. The lowest BCUT2D eigenvalue weighted by Crippen LogP contribution is -2.38. The lowest BCUT2D eigenvalue weighted by molar-refractivity contribution is -0.121. The van der Waals surface area contributed by atoms with Crippen molar-refractivity contribution >= 4 is 5.91 Å². The average Bonchev–Trinajstić information content (AvgIpc) is 2.33. The highest BCUT2D eigenvalue weighted by molar-refractivity contribution is 5.78. The summed E-state index contributed by atoms with van der Waals surface area (Å²) in [7, 11) is 1.61. The van der Waals surface area contributed by atoms with Gasteiger partial charge in [-0.1, -0.05) is 12.1 Å². The molecule has 1 aromatic rings. The number of ether oxygens (including phenoxy) is 1. The molecular formula is C14H19NO3. The van der Waals surface area contributed by atoms with Crippen molar-refractivity contribution in [1.82, 2.24) is 5.32 Å². The minimum absolute atomic E-state index is 0.0182. The molecule has 0 heterocycles. The normalized spacial score (nSPS) is 22.1. The molecule has 18 heavy (non-hydrogen) atoms. The predicted octanol–water partition coefficient (Wildman–Crippen LogP) is 1.12.